The third-order valence-electron chi connectivity index (χ3n) is 3.17. The SMILES string of the molecule is Cc1cc(Cl)ccc1OC(=O)Cn1nc(C)c([N+](=O)[O-])c1C. The standard InChI is InChI=1S/C14H14ClN3O4/c1-8-6-11(15)4-5-12(8)22-13(19)7-17-10(3)14(18(20)21)9(2)16-17/h4-6H,7H2,1-3H3. The summed E-state index contributed by atoms with van der Waals surface area (Å²) in [6.07, 6.45) is 0. The Morgan fingerprint density at radius 2 is 2.09 bits per heavy atom. The molecule has 1 heterocycles. The number of aryl methyl sites for hydroxylation is 2. The number of hydrogen-bond acceptors (Lipinski definition) is 5. The van der Waals surface area contributed by atoms with Gasteiger partial charge >= 0.3 is 11.7 Å². The first-order valence-corrected chi connectivity index (χ1v) is 6.82. The van der Waals surface area contributed by atoms with Crippen LogP contribution in [-0.4, -0.2) is 20.7 Å². The molecule has 0 unspecified atom stereocenters. The van der Waals surface area contributed by atoms with Gasteiger partial charge in [0.15, 0.2) is 0 Å². The van der Waals surface area contributed by atoms with E-state index in [1.165, 1.54) is 11.6 Å². The van der Waals surface area contributed by atoms with Crippen molar-refractivity contribution in [2.24, 2.45) is 0 Å². The zero-order valence-corrected chi connectivity index (χ0v) is 13.0. The van der Waals surface area contributed by atoms with E-state index < -0.39 is 10.9 Å². The molecular weight excluding hydrogens is 310 g/mol. The van der Waals surface area contributed by atoms with Crippen molar-refractivity contribution in [3.05, 3.63) is 50.3 Å². The van der Waals surface area contributed by atoms with Gasteiger partial charge in [-0.15, -0.1) is 0 Å². The molecule has 0 saturated carbocycles. The second-order valence-corrected chi connectivity index (χ2v) is 5.25. The van der Waals surface area contributed by atoms with Gasteiger partial charge in [-0.3, -0.25) is 14.8 Å². The monoisotopic (exact) mass is 323 g/mol. The summed E-state index contributed by atoms with van der Waals surface area (Å²) in [5.41, 5.74) is 1.21. The summed E-state index contributed by atoms with van der Waals surface area (Å²) in [5.74, 6) is -0.170. The van der Waals surface area contributed by atoms with Crippen LogP contribution in [0.4, 0.5) is 5.69 Å². The first-order valence-electron chi connectivity index (χ1n) is 6.45. The molecule has 0 aliphatic carbocycles. The Hall–Kier alpha value is -2.41. The van der Waals surface area contributed by atoms with Crippen LogP contribution in [0.2, 0.25) is 5.02 Å². The van der Waals surface area contributed by atoms with Gasteiger partial charge in [-0.2, -0.15) is 5.10 Å². The van der Waals surface area contributed by atoms with Gasteiger partial charge in [0.2, 0.25) is 0 Å². The number of nitro groups is 1. The lowest BCUT2D eigenvalue weighted by Gasteiger charge is -2.08. The third-order valence-corrected chi connectivity index (χ3v) is 3.40. The fourth-order valence-electron chi connectivity index (χ4n) is 2.11. The van der Waals surface area contributed by atoms with Crippen molar-refractivity contribution in [2.45, 2.75) is 27.3 Å². The zero-order valence-electron chi connectivity index (χ0n) is 12.3. The second kappa shape index (κ2) is 6.15. The molecule has 2 aromatic rings. The third kappa shape index (κ3) is 3.25. The molecule has 0 atom stereocenters. The summed E-state index contributed by atoms with van der Waals surface area (Å²) >= 11 is 5.84. The molecule has 0 saturated heterocycles. The van der Waals surface area contributed by atoms with Crippen molar-refractivity contribution in [3.8, 4) is 5.75 Å². The minimum absolute atomic E-state index is 0.0875. The highest BCUT2D eigenvalue weighted by molar-refractivity contribution is 6.30. The van der Waals surface area contributed by atoms with Crippen LogP contribution in [0.3, 0.4) is 0 Å². The molecule has 0 radical (unpaired) electrons. The molecular formula is C14H14ClN3O4. The molecule has 0 fully saturated rings. The Labute approximate surface area is 131 Å². The van der Waals surface area contributed by atoms with Crippen molar-refractivity contribution in [3.63, 3.8) is 0 Å². The van der Waals surface area contributed by atoms with Crippen LogP contribution in [-0.2, 0) is 11.3 Å². The number of nitrogens with zero attached hydrogens (tertiary/aromatic N) is 3. The molecule has 0 aliphatic heterocycles. The minimum atomic E-state index is -0.564. The Kier molecular flexibility index (Phi) is 4.46. The number of benzene rings is 1. The van der Waals surface area contributed by atoms with Crippen molar-refractivity contribution in [2.75, 3.05) is 0 Å². The topological polar surface area (TPSA) is 87.3 Å². The van der Waals surface area contributed by atoms with Crippen molar-refractivity contribution in [1.29, 1.82) is 0 Å². The minimum Gasteiger partial charge on any atom is -0.425 e. The van der Waals surface area contributed by atoms with Gasteiger partial charge in [-0.25, -0.2) is 4.79 Å². The molecule has 0 amide bonds. The number of rotatable bonds is 4. The molecule has 0 bridgehead atoms. The van der Waals surface area contributed by atoms with Crippen LogP contribution >= 0.6 is 11.6 Å². The Morgan fingerprint density at radius 3 is 2.64 bits per heavy atom. The fraction of sp³-hybridized carbons (Fsp3) is 0.286. The maximum Gasteiger partial charge on any atom is 0.333 e. The number of aromatic nitrogens is 2. The first-order chi connectivity index (χ1) is 10.3. The number of carbonyl (C=O) groups excluding carboxylic acids is 1. The van der Waals surface area contributed by atoms with E-state index in [9.17, 15) is 14.9 Å². The number of hydrogen-bond donors (Lipinski definition) is 0. The van der Waals surface area contributed by atoms with Crippen LogP contribution in [0.15, 0.2) is 18.2 Å². The summed E-state index contributed by atoms with van der Waals surface area (Å²) in [6, 6.07) is 4.89. The lowest BCUT2D eigenvalue weighted by Crippen LogP contribution is -2.18. The zero-order chi connectivity index (χ0) is 16.4. The quantitative estimate of drug-likeness (QED) is 0.373. The highest BCUT2D eigenvalue weighted by atomic mass is 35.5. The molecule has 1 aromatic carbocycles. The maximum atomic E-state index is 12.0. The largest absolute Gasteiger partial charge is 0.425 e. The lowest BCUT2D eigenvalue weighted by molar-refractivity contribution is -0.386. The summed E-state index contributed by atoms with van der Waals surface area (Å²) in [5, 5.41) is 15.5. The Balaban J connectivity index is 2.16. The van der Waals surface area contributed by atoms with E-state index >= 15 is 0 Å². The predicted octanol–water partition coefficient (Wildman–Crippen LogP) is 2.98. The number of carbonyl (C=O) groups is 1. The van der Waals surface area contributed by atoms with Crippen molar-refractivity contribution in [1.82, 2.24) is 9.78 Å². The predicted molar refractivity (Wildman–Crippen MR) is 80.2 cm³/mol. The second-order valence-electron chi connectivity index (χ2n) is 4.82. The molecule has 0 aliphatic rings. The van der Waals surface area contributed by atoms with Gasteiger partial charge in [-0.05, 0) is 44.5 Å². The summed E-state index contributed by atoms with van der Waals surface area (Å²) in [6.45, 7) is 4.63. The molecule has 116 valence electrons. The Bertz CT molecular complexity index is 755. The highest BCUT2D eigenvalue weighted by Gasteiger charge is 2.23. The molecule has 22 heavy (non-hydrogen) atoms. The van der Waals surface area contributed by atoms with E-state index in [1.807, 2.05) is 0 Å². The van der Waals surface area contributed by atoms with Gasteiger partial charge in [-0.1, -0.05) is 11.6 Å². The van der Waals surface area contributed by atoms with Gasteiger partial charge < -0.3 is 4.74 Å². The molecule has 8 heteroatoms. The number of ether oxygens (including phenoxy) is 1. The Morgan fingerprint density at radius 1 is 1.41 bits per heavy atom. The van der Waals surface area contributed by atoms with E-state index in [0.29, 0.717) is 16.5 Å². The van der Waals surface area contributed by atoms with Crippen LogP contribution in [0.1, 0.15) is 17.0 Å². The van der Waals surface area contributed by atoms with E-state index in [-0.39, 0.29) is 17.9 Å². The smallest absolute Gasteiger partial charge is 0.333 e. The fourth-order valence-corrected chi connectivity index (χ4v) is 2.34. The van der Waals surface area contributed by atoms with Crippen LogP contribution in [0.5, 0.6) is 5.75 Å². The average molecular weight is 324 g/mol. The summed E-state index contributed by atoms with van der Waals surface area (Å²) in [4.78, 5) is 22.4. The maximum absolute atomic E-state index is 12.0. The normalized spacial score (nSPS) is 10.5. The van der Waals surface area contributed by atoms with E-state index in [0.717, 1.165) is 5.56 Å². The van der Waals surface area contributed by atoms with Crippen LogP contribution in [0, 0.1) is 30.9 Å². The van der Waals surface area contributed by atoms with E-state index in [1.54, 1.807) is 32.0 Å². The average Bonchev–Trinajstić information content (AvgIpc) is 2.67. The molecule has 0 spiro atoms. The lowest BCUT2D eigenvalue weighted by atomic mass is 10.2. The highest BCUT2D eigenvalue weighted by Crippen LogP contribution is 2.23. The molecule has 0 N–H and O–H groups in total. The first kappa shape index (κ1) is 16.0. The van der Waals surface area contributed by atoms with E-state index in [2.05, 4.69) is 5.10 Å². The van der Waals surface area contributed by atoms with Gasteiger partial charge in [0.1, 0.15) is 23.7 Å². The summed E-state index contributed by atoms with van der Waals surface area (Å²) < 4.78 is 6.51. The van der Waals surface area contributed by atoms with Crippen LogP contribution in [0.25, 0.3) is 0 Å². The van der Waals surface area contributed by atoms with Gasteiger partial charge in [0, 0.05) is 5.02 Å². The number of esters is 1. The van der Waals surface area contributed by atoms with Crippen LogP contribution < -0.4 is 4.74 Å². The van der Waals surface area contributed by atoms with Crippen molar-refractivity contribution < 1.29 is 14.5 Å². The molecule has 2 rings (SSSR count). The van der Waals surface area contributed by atoms with E-state index in [4.69, 9.17) is 16.3 Å². The molecule has 7 nitrogen and oxygen atoms in total. The molecule has 1 aromatic heterocycles. The number of halogens is 1. The van der Waals surface area contributed by atoms with Crippen molar-refractivity contribution >= 4 is 23.3 Å². The van der Waals surface area contributed by atoms with Gasteiger partial charge in [0.25, 0.3) is 0 Å². The van der Waals surface area contributed by atoms with Gasteiger partial charge in [0.05, 0.1) is 4.92 Å². The summed E-state index contributed by atoms with van der Waals surface area (Å²) in [7, 11) is 0.